The molecule has 1 aromatic heterocycles. The minimum Gasteiger partial charge on any atom is -0.341 e. The van der Waals surface area contributed by atoms with Crippen LogP contribution < -0.4 is 4.90 Å². The van der Waals surface area contributed by atoms with E-state index in [1.165, 1.54) is 55.4 Å². The maximum atomic E-state index is 4.41. The average molecular weight is 365 g/mol. The summed E-state index contributed by atoms with van der Waals surface area (Å²) in [5.74, 6) is 8.13. The van der Waals surface area contributed by atoms with Crippen molar-refractivity contribution in [1.82, 2.24) is 14.9 Å². The molecule has 24 heavy (non-hydrogen) atoms. The van der Waals surface area contributed by atoms with Gasteiger partial charge in [0.15, 0.2) is 0 Å². The Bertz CT molecular complexity index is 499. The zero-order chi connectivity index (χ0) is 16.2. The summed E-state index contributed by atoms with van der Waals surface area (Å²) in [4.78, 5) is 14.0. The Labute approximate surface area is 154 Å². The van der Waals surface area contributed by atoms with Gasteiger partial charge in [0.05, 0.1) is 0 Å². The van der Waals surface area contributed by atoms with Crippen molar-refractivity contribution in [2.45, 2.75) is 25.3 Å². The van der Waals surface area contributed by atoms with Gasteiger partial charge in [-0.3, -0.25) is 4.90 Å². The van der Waals surface area contributed by atoms with E-state index in [1.54, 1.807) is 0 Å². The van der Waals surface area contributed by atoms with Crippen LogP contribution in [0, 0.1) is 11.8 Å². The smallest absolute Gasteiger partial charge is 0.225 e. The van der Waals surface area contributed by atoms with Crippen LogP contribution in [0.1, 0.15) is 19.3 Å². The lowest BCUT2D eigenvalue weighted by atomic mass is 9.84. The lowest BCUT2D eigenvalue weighted by molar-refractivity contribution is 0.233. The highest BCUT2D eigenvalue weighted by Crippen LogP contribution is 2.34. The minimum atomic E-state index is 0.824. The number of piperidine rings is 1. The first kappa shape index (κ1) is 17.0. The number of likely N-dealkylation sites (tertiary alicyclic amines) is 1. The first-order valence-corrected chi connectivity index (χ1v) is 11.6. The largest absolute Gasteiger partial charge is 0.341 e. The number of hydrogen-bond acceptors (Lipinski definition) is 6. The zero-order valence-electron chi connectivity index (χ0n) is 14.3. The summed E-state index contributed by atoms with van der Waals surface area (Å²) in [6.45, 7) is 4.93. The summed E-state index contributed by atoms with van der Waals surface area (Å²) >= 11 is 4.32. The third kappa shape index (κ3) is 4.02. The molecule has 4 nitrogen and oxygen atoms in total. The summed E-state index contributed by atoms with van der Waals surface area (Å²) in [5.41, 5.74) is 0. The van der Waals surface area contributed by atoms with E-state index in [1.807, 2.05) is 18.5 Å². The van der Waals surface area contributed by atoms with E-state index in [0.29, 0.717) is 0 Å². The molecular weight excluding hydrogens is 336 g/mol. The van der Waals surface area contributed by atoms with Gasteiger partial charge in [0, 0.05) is 61.1 Å². The van der Waals surface area contributed by atoms with Crippen LogP contribution in [0.25, 0.3) is 0 Å². The predicted molar refractivity (Wildman–Crippen MR) is 105 cm³/mol. The second-order valence-electron chi connectivity index (χ2n) is 7.22. The van der Waals surface area contributed by atoms with Gasteiger partial charge >= 0.3 is 0 Å². The van der Waals surface area contributed by atoms with Crippen molar-refractivity contribution in [3.05, 3.63) is 18.5 Å². The molecule has 4 rings (SSSR count). The average Bonchev–Trinajstić information content (AvgIpc) is 2.98. The molecule has 0 N–H and O–H groups in total. The van der Waals surface area contributed by atoms with Crippen LogP contribution in [0.5, 0.6) is 0 Å². The molecule has 0 spiro atoms. The molecule has 0 aliphatic carbocycles. The highest BCUT2D eigenvalue weighted by molar-refractivity contribution is 8.03. The fourth-order valence-corrected chi connectivity index (χ4v) is 7.00. The van der Waals surface area contributed by atoms with Crippen LogP contribution in [0.2, 0.25) is 0 Å². The summed E-state index contributed by atoms with van der Waals surface area (Å²) in [7, 11) is 0. The van der Waals surface area contributed by atoms with Crippen molar-refractivity contribution >= 4 is 29.5 Å². The second-order valence-corrected chi connectivity index (χ2v) is 9.52. The highest BCUT2D eigenvalue weighted by atomic mass is 32.2. The van der Waals surface area contributed by atoms with Crippen LogP contribution in [-0.4, -0.2) is 70.1 Å². The SMILES string of the molecule is c1cnc(N2CCC(C3CCN(C4CSCCSC4)C3)CC2)nc1. The molecule has 4 heterocycles. The number of nitrogens with zero attached hydrogens (tertiary/aromatic N) is 4. The number of hydrogen-bond donors (Lipinski definition) is 0. The van der Waals surface area contributed by atoms with Crippen molar-refractivity contribution in [2.24, 2.45) is 11.8 Å². The number of aromatic nitrogens is 2. The molecule has 1 aromatic rings. The lowest BCUT2D eigenvalue weighted by Gasteiger charge is -2.35. The van der Waals surface area contributed by atoms with Gasteiger partial charge in [-0.05, 0) is 43.7 Å². The van der Waals surface area contributed by atoms with Crippen LogP contribution >= 0.6 is 23.5 Å². The lowest BCUT2D eigenvalue weighted by Crippen LogP contribution is -2.40. The topological polar surface area (TPSA) is 32.3 Å². The van der Waals surface area contributed by atoms with E-state index >= 15 is 0 Å². The zero-order valence-corrected chi connectivity index (χ0v) is 16.0. The van der Waals surface area contributed by atoms with Gasteiger partial charge in [0.1, 0.15) is 0 Å². The Hall–Kier alpha value is -0.460. The van der Waals surface area contributed by atoms with E-state index in [2.05, 4.69) is 43.3 Å². The molecular formula is C18H28N4S2. The number of anilines is 1. The molecule has 1 atom stereocenters. The summed E-state index contributed by atoms with van der Waals surface area (Å²) in [6, 6.07) is 2.72. The third-order valence-corrected chi connectivity index (χ3v) is 8.29. The standard InChI is InChI=1S/C18H28N4S2/c1-5-19-18(20-6-1)21-7-2-15(3-8-21)16-4-9-22(12-16)17-13-23-10-11-24-14-17/h1,5-6,15-17H,2-4,7-14H2. The second kappa shape index (κ2) is 8.28. The molecule has 132 valence electrons. The van der Waals surface area contributed by atoms with Gasteiger partial charge in [0.25, 0.3) is 0 Å². The van der Waals surface area contributed by atoms with E-state index in [-0.39, 0.29) is 0 Å². The Morgan fingerprint density at radius 3 is 2.25 bits per heavy atom. The van der Waals surface area contributed by atoms with Crippen LogP contribution in [-0.2, 0) is 0 Å². The van der Waals surface area contributed by atoms with E-state index in [9.17, 15) is 0 Å². The van der Waals surface area contributed by atoms with Crippen LogP contribution in [0.15, 0.2) is 18.5 Å². The normalized spacial score (nSPS) is 28.2. The Morgan fingerprint density at radius 2 is 1.54 bits per heavy atom. The molecule has 3 aliphatic rings. The monoisotopic (exact) mass is 364 g/mol. The van der Waals surface area contributed by atoms with Gasteiger partial charge in [-0.1, -0.05) is 0 Å². The molecule has 3 saturated heterocycles. The first-order valence-electron chi connectivity index (χ1n) is 9.31. The van der Waals surface area contributed by atoms with Gasteiger partial charge < -0.3 is 4.90 Å². The molecule has 6 heteroatoms. The molecule has 1 unspecified atom stereocenters. The van der Waals surface area contributed by atoms with Crippen molar-refractivity contribution < 1.29 is 0 Å². The fraction of sp³-hybridized carbons (Fsp3) is 0.778. The summed E-state index contributed by atoms with van der Waals surface area (Å²) in [6.07, 6.45) is 7.74. The predicted octanol–water partition coefficient (Wildman–Crippen LogP) is 2.86. The van der Waals surface area contributed by atoms with E-state index in [0.717, 1.165) is 36.9 Å². The van der Waals surface area contributed by atoms with Crippen molar-refractivity contribution in [1.29, 1.82) is 0 Å². The van der Waals surface area contributed by atoms with E-state index in [4.69, 9.17) is 0 Å². The quantitative estimate of drug-likeness (QED) is 0.820. The van der Waals surface area contributed by atoms with Crippen LogP contribution in [0.3, 0.4) is 0 Å². The molecule has 3 aliphatic heterocycles. The maximum absolute atomic E-state index is 4.41. The highest BCUT2D eigenvalue weighted by Gasteiger charge is 2.35. The maximum Gasteiger partial charge on any atom is 0.225 e. The van der Waals surface area contributed by atoms with Gasteiger partial charge in [-0.2, -0.15) is 23.5 Å². The van der Waals surface area contributed by atoms with Gasteiger partial charge in [-0.15, -0.1) is 0 Å². The van der Waals surface area contributed by atoms with Gasteiger partial charge in [-0.25, -0.2) is 9.97 Å². The van der Waals surface area contributed by atoms with Crippen molar-refractivity contribution in [2.75, 3.05) is 54.1 Å². The van der Waals surface area contributed by atoms with Crippen molar-refractivity contribution in [3.8, 4) is 0 Å². The Balaban J connectivity index is 1.27. The molecule has 0 aromatic carbocycles. The van der Waals surface area contributed by atoms with Crippen LogP contribution in [0.4, 0.5) is 5.95 Å². The number of thioether (sulfide) groups is 2. The first-order chi connectivity index (χ1) is 11.9. The summed E-state index contributed by atoms with van der Waals surface area (Å²) in [5, 5.41) is 0. The Kier molecular flexibility index (Phi) is 5.86. The fourth-order valence-electron chi connectivity index (χ4n) is 4.37. The molecule has 0 saturated carbocycles. The molecule has 0 amide bonds. The van der Waals surface area contributed by atoms with Gasteiger partial charge in [0.2, 0.25) is 5.95 Å². The van der Waals surface area contributed by atoms with E-state index < -0.39 is 0 Å². The number of rotatable bonds is 3. The van der Waals surface area contributed by atoms with Crippen molar-refractivity contribution in [3.63, 3.8) is 0 Å². The third-order valence-electron chi connectivity index (χ3n) is 5.81. The molecule has 0 radical (unpaired) electrons. The Morgan fingerprint density at radius 1 is 0.875 bits per heavy atom. The molecule has 3 fully saturated rings. The summed E-state index contributed by atoms with van der Waals surface area (Å²) < 4.78 is 0. The minimum absolute atomic E-state index is 0.824. The molecule has 0 bridgehead atoms.